The summed E-state index contributed by atoms with van der Waals surface area (Å²) in [7, 11) is 0. The first-order valence-electron chi connectivity index (χ1n) is 10.3. The zero-order chi connectivity index (χ0) is 24.4. The van der Waals surface area contributed by atoms with Crippen molar-refractivity contribution in [3.63, 3.8) is 0 Å². The number of nitrogens with one attached hydrogen (secondary N) is 1. The number of halogens is 6. The average molecular weight is 474 g/mol. The highest BCUT2D eigenvalue weighted by molar-refractivity contribution is 5.71. The van der Waals surface area contributed by atoms with E-state index in [1.54, 1.807) is 0 Å². The first kappa shape index (κ1) is 24.9. The molecule has 0 unspecified atom stereocenters. The van der Waals surface area contributed by atoms with E-state index in [0.29, 0.717) is 31.5 Å². The van der Waals surface area contributed by atoms with Gasteiger partial charge in [-0.1, -0.05) is 30.3 Å². The summed E-state index contributed by atoms with van der Waals surface area (Å²) in [5, 5.41) is 2.55. The van der Waals surface area contributed by atoms with Gasteiger partial charge in [0.2, 0.25) is 0 Å². The first-order chi connectivity index (χ1) is 15.3. The number of rotatable bonds is 7. The van der Waals surface area contributed by atoms with Gasteiger partial charge in [0.05, 0.1) is 23.8 Å². The molecular weight excluding hydrogens is 450 g/mol. The zero-order valence-electron chi connectivity index (χ0n) is 17.8. The van der Waals surface area contributed by atoms with Gasteiger partial charge >= 0.3 is 18.4 Å². The third-order valence-corrected chi connectivity index (χ3v) is 6.00. The predicted molar refractivity (Wildman–Crippen MR) is 109 cm³/mol. The molecule has 0 bridgehead atoms. The topological polar surface area (TPSA) is 64.3 Å². The van der Waals surface area contributed by atoms with E-state index in [2.05, 4.69) is 5.32 Å². The van der Waals surface area contributed by atoms with Crippen LogP contribution in [0.1, 0.15) is 48.1 Å². The highest BCUT2D eigenvalue weighted by Crippen LogP contribution is 2.48. The number of nitrogens with two attached hydrogens (primary N) is 1. The number of urea groups is 1. The summed E-state index contributed by atoms with van der Waals surface area (Å²) >= 11 is 0. The Kier molecular flexibility index (Phi) is 6.97. The number of hydrogen-bond acceptors (Lipinski definition) is 2. The Morgan fingerprint density at radius 1 is 1.06 bits per heavy atom. The van der Waals surface area contributed by atoms with Crippen LogP contribution in [0.15, 0.2) is 48.5 Å². The number of primary amides is 1. The molecule has 0 heterocycles. The van der Waals surface area contributed by atoms with Crippen LogP contribution < -0.4 is 11.1 Å². The number of alkyl halides is 6. The molecule has 0 radical (unpaired) electrons. The largest absolute Gasteiger partial charge is 0.416 e. The van der Waals surface area contributed by atoms with E-state index in [1.165, 1.54) is 6.92 Å². The number of ether oxygens (including phenoxy) is 1. The minimum Gasteiger partial charge on any atom is -0.373 e. The van der Waals surface area contributed by atoms with Crippen LogP contribution in [-0.4, -0.2) is 19.2 Å². The standard InChI is InChI=1S/C23H24F6N2O2/c1-14(16-7-18(22(24,25)26)9-19(8-16)23(27,28)29)33-13-21(17-5-3-2-4-6-17)10-15(11-21)12-31-20(30)32/h2-9,14-15H,10-13H2,1H3,(H3,30,31,32)/t14-,15?,21?/m1/s1. The minimum absolute atomic E-state index is 0.100. The molecule has 2 aromatic carbocycles. The van der Waals surface area contributed by atoms with Crippen molar-refractivity contribution in [2.24, 2.45) is 11.7 Å². The van der Waals surface area contributed by atoms with E-state index in [-0.39, 0.29) is 24.2 Å². The smallest absolute Gasteiger partial charge is 0.373 e. The molecule has 10 heteroatoms. The van der Waals surface area contributed by atoms with Crippen LogP contribution in [0.4, 0.5) is 31.1 Å². The number of carbonyl (C=O) groups excluding carboxylic acids is 1. The summed E-state index contributed by atoms with van der Waals surface area (Å²) in [6.07, 6.45) is -9.59. The lowest BCUT2D eigenvalue weighted by molar-refractivity contribution is -0.143. The van der Waals surface area contributed by atoms with Crippen molar-refractivity contribution in [1.29, 1.82) is 0 Å². The number of hydrogen-bond donors (Lipinski definition) is 2. The molecule has 4 nitrogen and oxygen atoms in total. The maximum Gasteiger partial charge on any atom is 0.416 e. The minimum atomic E-state index is -4.92. The third-order valence-electron chi connectivity index (χ3n) is 6.00. The lowest BCUT2D eigenvalue weighted by Gasteiger charge is -2.48. The summed E-state index contributed by atoms with van der Waals surface area (Å²) in [4.78, 5) is 11.0. The monoisotopic (exact) mass is 474 g/mol. The van der Waals surface area contributed by atoms with Crippen molar-refractivity contribution < 1.29 is 35.9 Å². The second-order valence-corrected chi connectivity index (χ2v) is 8.46. The molecule has 0 aromatic heterocycles. The Morgan fingerprint density at radius 3 is 2.09 bits per heavy atom. The number of carbonyl (C=O) groups is 1. The van der Waals surface area contributed by atoms with Gasteiger partial charge in [-0.15, -0.1) is 0 Å². The summed E-state index contributed by atoms with van der Waals surface area (Å²) in [5.41, 5.74) is 2.65. The Morgan fingerprint density at radius 2 is 1.61 bits per heavy atom. The molecule has 180 valence electrons. The summed E-state index contributed by atoms with van der Waals surface area (Å²) < 4.78 is 85.0. The molecule has 1 aliphatic carbocycles. The summed E-state index contributed by atoms with van der Waals surface area (Å²) in [6.45, 7) is 1.91. The zero-order valence-corrected chi connectivity index (χ0v) is 17.8. The van der Waals surface area contributed by atoms with Crippen LogP contribution in [0.25, 0.3) is 0 Å². The van der Waals surface area contributed by atoms with Gasteiger partial charge in [-0.3, -0.25) is 0 Å². The second kappa shape index (κ2) is 9.24. The summed E-state index contributed by atoms with van der Waals surface area (Å²) in [5.74, 6) is 0.127. The van der Waals surface area contributed by atoms with Gasteiger partial charge in [0.15, 0.2) is 0 Å². The van der Waals surface area contributed by atoms with Crippen LogP contribution in [-0.2, 0) is 22.5 Å². The van der Waals surface area contributed by atoms with Gasteiger partial charge in [-0.05, 0) is 55.0 Å². The molecule has 1 atom stereocenters. The molecule has 0 spiro atoms. The Labute approximate surface area is 187 Å². The molecule has 2 aromatic rings. The Bertz CT molecular complexity index is 937. The van der Waals surface area contributed by atoms with Crippen molar-refractivity contribution >= 4 is 6.03 Å². The number of amides is 2. The van der Waals surface area contributed by atoms with Crippen molar-refractivity contribution in [3.05, 3.63) is 70.8 Å². The first-order valence-corrected chi connectivity index (χ1v) is 10.3. The van der Waals surface area contributed by atoms with Crippen molar-refractivity contribution in [2.45, 2.75) is 43.6 Å². The van der Waals surface area contributed by atoms with Gasteiger partial charge in [0.25, 0.3) is 0 Å². The van der Waals surface area contributed by atoms with Crippen LogP contribution >= 0.6 is 0 Å². The van der Waals surface area contributed by atoms with E-state index in [0.717, 1.165) is 5.56 Å². The van der Waals surface area contributed by atoms with E-state index < -0.39 is 41.0 Å². The van der Waals surface area contributed by atoms with Crippen LogP contribution in [0, 0.1) is 5.92 Å². The Balaban J connectivity index is 1.80. The fourth-order valence-corrected chi connectivity index (χ4v) is 4.26. The molecular formula is C23H24F6N2O2. The molecule has 3 N–H and O–H groups in total. The quantitative estimate of drug-likeness (QED) is 0.497. The van der Waals surface area contributed by atoms with Crippen LogP contribution in [0.5, 0.6) is 0 Å². The molecule has 3 rings (SSSR count). The molecule has 33 heavy (non-hydrogen) atoms. The average Bonchev–Trinajstić information content (AvgIpc) is 2.71. The van der Waals surface area contributed by atoms with E-state index in [1.807, 2.05) is 30.3 Å². The lowest BCUT2D eigenvalue weighted by Crippen LogP contribution is -2.49. The fourth-order valence-electron chi connectivity index (χ4n) is 4.26. The SMILES string of the molecule is C[C@@H](OCC1(c2ccccc2)CC(CNC(N)=O)C1)c1cc(C(F)(F)F)cc(C(F)(F)F)c1. The molecule has 2 amide bonds. The Hall–Kier alpha value is -2.75. The highest BCUT2D eigenvalue weighted by atomic mass is 19.4. The molecule has 0 aliphatic heterocycles. The summed E-state index contributed by atoms with van der Waals surface area (Å²) in [6, 6.07) is 10.2. The van der Waals surface area contributed by atoms with Crippen LogP contribution in [0.2, 0.25) is 0 Å². The molecule has 1 fully saturated rings. The fraction of sp³-hybridized carbons (Fsp3) is 0.435. The van der Waals surface area contributed by atoms with Gasteiger partial charge in [-0.25, -0.2) is 4.79 Å². The maximum absolute atomic E-state index is 13.2. The predicted octanol–water partition coefficient (Wildman–Crippen LogP) is 5.82. The lowest BCUT2D eigenvalue weighted by atomic mass is 9.59. The molecule has 1 saturated carbocycles. The molecule has 1 aliphatic rings. The van der Waals surface area contributed by atoms with Crippen molar-refractivity contribution in [1.82, 2.24) is 5.32 Å². The van der Waals surface area contributed by atoms with E-state index >= 15 is 0 Å². The van der Waals surface area contributed by atoms with E-state index in [9.17, 15) is 31.1 Å². The van der Waals surface area contributed by atoms with E-state index in [4.69, 9.17) is 10.5 Å². The van der Waals surface area contributed by atoms with Gasteiger partial charge in [0, 0.05) is 12.0 Å². The molecule has 0 saturated heterocycles. The van der Waals surface area contributed by atoms with Gasteiger partial charge in [0.1, 0.15) is 0 Å². The van der Waals surface area contributed by atoms with Gasteiger partial charge < -0.3 is 15.8 Å². The third kappa shape index (κ3) is 5.98. The van der Waals surface area contributed by atoms with Crippen molar-refractivity contribution in [2.75, 3.05) is 13.2 Å². The van der Waals surface area contributed by atoms with Crippen LogP contribution in [0.3, 0.4) is 0 Å². The van der Waals surface area contributed by atoms with Crippen molar-refractivity contribution in [3.8, 4) is 0 Å². The maximum atomic E-state index is 13.2. The highest BCUT2D eigenvalue weighted by Gasteiger charge is 2.46. The normalized spacial score (nSPS) is 21.8. The number of benzene rings is 2. The van der Waals surface area contributed by atoms with Gasteiger partial charge in [-0.2, -0.15) is 26.3 Å². The second-order valence-electron chi connectivity index (χ2n) is 8.46.